The molecule has 1 saturated heterocycles. The highest BCUT2D eigenvalue weighted by atomic mass is 16.1. The minimum Gasteiger partial charge on any atom is -0.341 e. The number of nitrogens with one attached hydrogen (secondary N) is 1. The molecule has 0 radical (unpaired) electrons. The van der Waals surface area contributed by atoms with Gasteiger partial charge in [0.15, 0.2) is 0 Å². The summed E-state index contributed by atoms with van der Waals surface area (Å²) in [7, 11) is 0. The van der Waals surface area contributed by atoms with Crippen molar-refractivity contribution in [1.82, 2.24) is 9.97 Å². The average Bonchev–Trinajstić information content (AvgIpc) is 2.56. The number of aryl methyl sites for hydroxylation is 4. The average molecular weight is 338 g/mol. The molecule has 1 aromatic carbocycles. The van der Waals surface area contributed by atoms with E-state index in [2.05, 4.69) is 33.2 Å². The fraction of sp³-hybridized carbons (Fsp3) is 0.450. The van der Waals surface area contributed by atoms with Crippen molar-refractivity contribution in [2.75, 3.05) is 23.3 Å². The molecule has 1 aromatic heterocycles. The second-order valence-electron chi connectivity index (χ2n) is 7.02. The second-order valence-corrected chi connectivity index (χ2v) is 7.02. The minimum atomic E-state index is 0.0443. The third-order valence-corrected chi connectivity index (χ3v) is 4.76. The maximum Gasteiger partial charge on any atom is 0.227 e. The summed E-state index contributed by atoms with van der Waals surface area (Å²) in [5.41, 5.74) is 5.19. The number of amides is 1. The van der Waals surface area contributed by atoms with Gasteiger partial charge in [0.2, 0.25) is 11.9 Å². The zero-order valence-electron chi connectivity index (χ0n) is 15.5. The van der Waals surface area contributed by atoms with Crippen molar-refractivity contribution in [3.63, 3.8) is 0 Å². The predicted octanol–water partition coefficient (Wildman–Crippen LogP) is 3.57. The number of carbonyl (C=O) groups is 1. The smallest absolute Gasteiger partial charge is 0.227 e. The molecule has 5 heteroatoms. The molecule has 132 valence electrons. The Labute approximate surface area is 149 Å². The molecular weight excluding hydrogens is 312 g/mol. The number of benzene rings is 1. The van der Waals surface area contributed by atoms with E-state index in [0.717, 1.165) is 54.5 Å². The third kappa shape index (κ3) is 4.16. The van der Waals surface area contributed by atoms with Gasteiger partial charge in [0.05, 0.1) is 0 Å². The number of aromatic nitrogens is 2. The van der Waals surface area contributed by atoms with Gasteiger partial charge in [-0.15, -0.1) is 0 Å². The highest BCUT2D eigenvalue weighted by molar-refractivity contribution is 5.93. The summed E-state index contributed by atoms with van der Waals surface area (Å²) < 4.78 is 0. The summed E-state index contributed by atoms with van der Waals surface area (Å²) in [6, 6.07) is 8.09. The number of nitrogens with zero attached hydrogens (tertiary/aromatic N) is 3. The van der Waals surface area contributed by atoms with Crippen molar-refractivity contribution in [1.29, 1.82) is 0 Å². The van der Waals surface area contributed by atoms with E-state index in [0.29, 0.717) is 0 Å². The fourth-order valence-electron chi connectivity index (χ4n) is 3.38. The van der Waals surface area contributed by atoms with E-state index in [1.807, 2.05) is 39.0 Å². The van der Waals surface area contributed by atoms with Gasteiger partial charge >= 0.3 is 0 Å². The lowest BCUT2D eigenvalue weighted by molar-refractivity contribution is -0.120. The van der Waals surface area contributed by atoms with Crippen molar-refractivity contribution in [3.05, 3.63) is 46.8 Å². The molecule has 1 aliphatic rings. The number of anilines is 2. The lowest BCUT2D eigenvalue weighted by Crippen LogP contribution is -2.39. The Morgan fingerprint density at radius 3 is 2.28 bits per heavy atom. The van der Waals surface area contributed by atoms with Crippen LogP contribution in [0.15, 0.2) is 24.3 Å². The normalized spacial score (nSPS) is 15.3. The highest BCUT2D eigenvalue weighted by Crippen LogP contribution is 2.24. The molecule has 1 N–H and O–H groups in total. The van der Waals surface area contributed by atoms with Crippen molar-refractivity contribution >= 4 is 17.5 Å². The van der Waals surface area contributed by atoms with Crippen molar-refractivity contribution in [2.45, 2.75) is 40.5 Å². The number of hydrogen-bond acceptors (Lipinski definition) is 4. The molecule has 0 atom stereocenters. The van der Waals surface area contributed by atoms with Crippen LogP contribution in [0.1, 0.15) is 35.4 Å². The van der Waals surface area contributed by atoms with Gasteiger partial charge in [-0.1, -0.05) is 17.7 Å². The van der Waals surface area contributed by atoms with Gasteiger partial charge in [0.25, 0.3) is 0 Å². The van der Waals surface area contributed by atoms with Gasteiger partial charge in [-0.3, -0.25) is 4.79 Å². The molecular formula is C20H26N4O. The standard InChI is InChI=1S/C20H26N4O/c1-13-5-6-18(14(2)11-13)23-19(25)17-7-9-24(10-8-17)20-21-15(3)12-16(4)22-20/h5-6,11-12,17H,7-10H2,1-4H3,(H,23,25). The molecule has 2 aromatic rings. The van der Waals surface area contributed by atoms with E-state index in [9.17, 15) is 4.79 Å². The van der Waals surface area contributed by atoms with Gasteiger partial charge in [-0.25, -0.2) is 9.97 Å². The highest BCUT2D eigenvalue weighted by Gasteiger charge is 2.26. The Morgan fingerprint density at radius 1 is 1.04 bits per heavy atom. The Bertz CT molecular complexity index is 759. The van der Waals surface area contributed by atoms with Crippen LogP contribution in [-0.2, 0) is 4.79 Å². The van der Waals surface area contributed by atoms with E-state index < -0.39 is 0 Å². The quantitative estimate of drug-likeness (QED) is 0.929. The van der Waals surface area contributed by atoms with Crippen LogP contribution in [0.3, 0.4) is 0 Å². The van der Waals surface area contributed by atoms with E-state index in [1.165, 1.54) is 5.56 Å². The summed E-state index contributed by atoms with van der Waals surface area (Å²) in [6.07, 6.45) is 1.65. The van der Waals surface area contributed by atoms with Crippen molar-refractivity contribution < 1.29 is 4.79 Å². The van der Waals surface area contributed by atoms with Crippen LogP contribution in [0.2, 0.25) is 0 Å². The summed E-state index contributed by atoms with van der Waals surface area (Å²) in [4.78, 5) is 23.8. The minimum absolute atomic E-state index is 0.0443. The van der Waals surface area contributed by atoms with E-state index in [1.54, 1.807) is 0 Å². The number of hydrogen-bond donors (Lipinski definition) is 1. The molecule has 1 fully saturated rings. The Morgan fingerprint density at radius 2 is 1.68 bits per heavy atom. The molecule has 1 amide bonds. The molecule has 1 aliphatic heterocycles. The maximum atomic E-state index is 12.6. The van der Waals surface area contributed by atoms with Crippen LogP contribution >= 0.6 is 0 Å². The van der Waals surface area contributed by atoms with Crippen molar-refractivity contribution in [2.24, 2.45) is 5.92 Å². The summed E-state index contributed by atoms with van der Waals surface area (Å²) >= 11 is 0. The van der Waals surface area contributed by atoms with Gasteiger partial charge in [0.1, 0.15) is 0 Å². The zero-order valence-corrected chi connectivity index (χ0v) is 15.5. The van der Waals surface area contributed by atoms with E-state index >= 15 is 0 Å². The van der Waals surface area contributed by atoms with E-state index in [4.69, 9.17) is 0 Å². The molecule has 5 nitrogen and oxygen atoms in total. The molecule has 3 rings (SSSR count). The first kappa shape index (κ1) is 17.4. The molecule has 25 heavy (non-hydrogen) atoms. The first-order valence-electron chi connectivity index (χ1n) is 8.88. The molecule has 0 bridgehead atoms. The molecule has 0 spiro atoms. The van der Waals surface area contributed by atoms with Crippen LogP contribution in [0.25, 0.3) is 0 Å². The van der Waals surface area contributed by atoms with Crippen LogP contribution in [0.5, 0.6) is 0 Å². The van der Waals surface area contributed by atoms with Gasteiger partial charge < -0.3 is 10.2 Å². The topological polar surface area (TPSA) is 58.1 Å². The van der Waals surface area contributed by atoms with Crippen LogP contribution in [0, 0.1) is 33.6 Å². The predicted molar refractivity (Wildman–Crippen MR) is 101 cm³/mol. The van der Waals surface area contributed by atoms with E-state index in [-0.39, 0.29) is 11.8 Å². The maximum absolute atomic E-state index is 12.6. The second kappa shape index (κ2) is 7.21. The summed E-state index contributed by atoms with van der Waals surface area (Å²) in [5.74, 6) is 0.946. The monoisotopic (exact) mass is 338 g/mol. The van der Waals surface area contributed by atoms with Crippen LogP contribution in [-0.4, -0.2) is 29.0 Å². The molecule has 0 saturated carbocycles. The third-order valence-electron chi connectivity index (χ3n) is 4.76. The molecule has 2 heterocycles. The fourth-order valence-corrected chi connectivity index (χ4v) is 3.38. The SMILES string of the molecule is Cc1ccc(NC(=O)C2CCN(c3nc(C)cc(C)n3)CC2)c(C)c1. The molecule has 0 unspecified atom stereocenters. The zero-order chi connectivity index (χ0) is 18.0. The largest absolute Gasteiger partial charge is 0.341 e. The van der Waals surface area contributed by atoms with Crippen molar-refractivity contribution in [3.8, 4) is 0 Å². The lowest BCUT2D eigenvalue weighted by atomic mass is 9.95. The van der Waals surface area contributed by atoms with Gasteiger partial charge in [0, 0.05) is 36.1 Å². The Hall–Kier alpha value is -2.43. The van der Waals surface area contributed by atoms with Gasteiger partial charge in [-0.05, 0) is 58.2 Å². The Balaban J connectivity index is 1.60. The lowest BCUT2D eigenvalue weighted by Gasteiger charge is -2.31. The number of piperidine rings is 1. The molecule has 0 aliphatic carbocycles. The van der Waals surface area contributed by atoms with Crippen LogP contribution in [0.4, 0.5) is 11.6 Å². The van der Waals surface area contributed by atoms with Crippen LogP contribution < -0.4 is 10.2 Å². The summed E-state index contributed by atoms with van der Waals surface area (Å²) in [6.45, 7) is 9.69. The first-order chi connectivity index (χ1) is 11.9. The number of rotatable bonds is 3. The Kier molecular flexibility index (Phi) is 5.02. The summed E-state index contributed by atoms with van der Waals surface area (Å²) in [5, 5.41) is 3.09. The van der Waals surface area contributed by atoms with Gasteiger partial charge in [-0.2, -0.15) is 0 Å². The first-order valence-corrected chi connectivity index (χ1v) is 8.88. The number of carbonyl (C=O) groups excluding carboxylic acids is 1.